The van der Waals surface area contributed by atoms with Crippen LogP contribution in [0.3, 0.4) is 0 Å². The summed E-state index contributed by atoms with van der Waals surface area (Å²) in [6.07, 6.45) is 0. The molecule has 0 aliphatic heterocycles. The Labute approximate surface area is 96.9 Å². The van der Waals surface area contributed by atoms with E-state index in [-0.39, 0.29) is 12.5 Å². The maximum absolute atomic E-state index is 12.1. The van der Waals surface area contributed by atoms with Crippen molar-refractivity contribution in [3.05, 3.63) is 0 Å². The first-order valence-corrected chi connectivity index (χ1v) is 5.15. The fourth-order valence-corrected chi connectivity index (χ4v) is 1.08. The summed E-state index contributed by atoms with van der Waals surface area (Å²) >= 11 is 0. The second-order valence-electron chi connectivity index (χ2n) is 5.08. The molecule has 0 aromatic heterocycles. The second kappa shape index (κ2) is 4.82. The minimum Gasteiger partial charge on any atom is -0.468 e. The highest BCUT2D eigenvalue weighted by Gasteiger charge is 2.42. The molecule has 0 spiro atoms. The number of carbonyl (C=O) groups excluding carboxylic acids is 2. The van der Waals surface area contributed by atoms with E-state index in [1.807, 2.05) is 0 Å². The molecule has 94 valence electrons. The Hall–Kier alpha value is -1.10. The lowest BCUT2D eigenvalue weighted by Gasteiger charge is -2.39. The van der Waals surface area contributed by atoms with Crippen LogP contribution in [0.1, 0.15) is 27.7 Å². The number of ether oxygens (including phenoxy) is 1. The predicted molar refractivity (Wildman–Crippen MR) is 61.7 cm³/mol. The SMILES string of the molecule is COC(=O)CN(C)C(=O)C(C)(C)C(C)(C)N. The number of hydrogen-bond acceptors (Lipinski definition) is 4. The molecule has 0 bridgehead atoms. The van der Waals surface area contributed by atoms with Gasteiger partial charge in [0, 0.05) is 12.6 Å². The van der Waals surface area contributed by atoms with Gasteiger partial charge in [-0.1, -0.05) is 0 Å². The lowest BCUT2D eigenvalue weighted by Crippen LogP contribution is -2.56. The van der Waals surface area contributed by atoms with Gasteiger partial charge in [-0.15, -0.1) is 0 Å². The van der Waals surface area contributed by atoms with Gasteiger partial charge in [-0.25, -0.2) is 0 Å². The minimum absolute atomic E-state index is 0.0607. The predicted octanol–water partition coefficient (Wildman–Crippen LogP) is 0.381. The van der Waals surface area contributed by atoms with Gasteiger partial charge in [0.25, 0.3) is 0 Å². The van der Waals surface area contributed by atoms with E-state index in [1.54, 1.807) is 34.7 Å². The molecular weight excluding hydrogens is 208 g/mol. The largest absolute Gasteiger partial charge is 0.468 e. The maximum atomic E-state index is 12.1. The smallest absolute Gasteiger partial charge is 0.325 e. The highest BCUT2D eigenvalue weighted by Crippen LogP contribution is 2.30. The monoisotopic (exact) mass is 230 g/mol. The van der Waals surface area contributed by atoms with E-state index < -0.39 is 16.9 Å². The molecule has 0 saturated heterocycles. The van der Waals surface area contributed by atoms with Gasteiger partial charge in [-0.2, -0.15) is 0 Å². The quantitative estimate of drug-likeness (QED) is 0.709. The molecule has 5 heteroatoms. The number of likely N-dealkylation sites (N-methyl/N-ethyl adjacent to an activating group) is 1. The van der Waals surface area contributed by atoms with Crippen molar-refractivity contribution in [3.63, 3.8) is 0 Å². The molecule has 0 atom stereocenters. The molecule has 0 saturated carbocycles. The van der Waals surface area contributed by atoms with Gasteiger partial charge in [0.1, 0.15) is 6.54 Å². The number of amides is 1. The summed E-state index contributed by atoms with van der Waals surface area (Å²) < 4.78 is 4.51. The topological polar surface area (TPSA) is 72.6 Å². The molecule has 0 aliphatic rings. The van der Waals surface area contributed by atoms with Crippen molar-refractivity contribution in [2.45, 2.75) is 33.2 Å². The summed E-state index contributed by atoms with van der Waals surface area (Å²) in [5, 5.41) is 0. The van der Waals surface area contributed by atoms with Crippen molar-refractivity contribution in [1.82, 2.24) is 4.90 Å². The third-order valence-corrected chi connectivity index (χ3v) is 3.09. The summed E-state index contributed by atoms with van der Waals surface area (Å²) in [6.45, 7) is 7.05. The zero-order valence-electron chi connectivity index (χ0n) is 11.0. The first-order valence-electron chi connectivity index (χ1n) is 5.15. The molecule has 0 aromatic rings. The third kappa shape index (κ3) is 3.20. The summed E-state index contributed by atoms with van der Waals surface area (Å²) in [4.78, 5) is 24.5. The van der Waals surface area contributed by atoms with Gasteiger partial charge in [-0.3, -0.25) is 9.59 Å². The zero-order chi connectivity index (χ0) is 13.1. The summed E-state index contributed by atoms with van der Waals surface area (Å²) in [5.41, 5.74) is 4.55. The van der Waals surface area contributed by atoms with Gasteiger partial charge < -0.3 is 15.4 Å². The molecule has 0 rings (SSSR count). The van der Waals surface area contributed by atoms with E-state index in [2.05, 4.69) is 4.74 Å². The second-order valence-corrected chi connectivity index (χ2v) is 5.08. The van der Waals surface area contributed by atoms with Crippen LogP contribution in [-0.2, 0) is 14.3 Å². The van der Waals surface area contributed by atoms with Crippen LogP contribution in [0.2, 0.25) is 0 Å². The number of nitrogens with zero attached hydrogens (tertiary/aromatic N) is 1. The number of methoxy groups -OCH3 is 1. The Balaban J connectivity index is 4.74. The number of esters is 1. The lowest BCUT2D eigenvalue weighted by molar-refractivity contribution is -0.151. The number of carbonyl (C=O) groups is 2. The van der Waals surface area contributed by atoms with Crippen molar-refractivity contribution in [2.75, 3.05) is 20.7 Å². The van der Waals surface area contributed by atoms with Gasteiger partial charge in [0.2, 0.25) is 5.91 Å². The van der Waals surface area contributed by atoms with E-state index in [0.717, 1.165) is 0 Å². The molecule has 0 radical (unpaired) electrons. The number of nitrogens with two attached hydrogens (primary N) is 1. The molecule has 0 unspecified atom stereocenters. The van der Waals surface area contributed by atoms with E-state index in [0.29, 0.717) is 0 Å². The summed E-state index contributed by atoms with van der Waals surface area (Å²) in [7, 11) is 2.85. The summed E-state index contributed by atoms with van der Waals surface area (Å²) in [5.74, 6) is -0.619. The van der Waals surface area contributed by atoms with E-state index in [1.165, 1.54) is 12.0 Å². The van der Waals surface area contributed by atoms with E-state index in [9.17, 15) is 9.59 Å². The van der Waals surface area contributed by atoms with Crippen LogP contribution in [0.5, 0.6) is 0 Å². The van der Waals surface area contributed by atoms with Gasteiger partial charge in [-0.05, 0) is 27.7 Å². The maximum Gasteiger partial charge on any atom is 0.325 e. The lowest BCUT2D eigenvalue weighted by atomic mass is 9.74. The summed E-state index contributed by atoms with van der Waals surface area (Å²) in [6, 6.07) is 0. The van der Waals surface area contributed by atoms with Gasteiger partial charge in [0.05, 0.1) is 12.5 Å². The first kappa shape index (κ1) is 14.9. The van der Waals surface area contributed by atoms with Crippen molar-refractivity contribution in [3.8, 4) is 0 Å². The Morgan fingerprint density at radius 2 is 1.69 bits per heavy atom. The Kier molecular flexibility index (Phi) is 4.49. The van der Waals surface area contributed by atoms with Crippen LogP contribution >= 0.6 is 0 Å². The Morgan fingerprint density at radius 1 is 1.25 bits per heavy atom. The standard InChI is InChI=1S/C11H22N2O3/c1-10(2,11(3,4)12)9(15)13(5)7-8(14)16-6/h7,12H2,1-6H3. The molecular formula is C11H22N2O3. The molecule has 0 aromatic carbocycles. The van der Waals surface area contributed by atoms with E-state index >= 15 is 0 Å². The molecule has 0 heterocycles. The average Bonchev–Trinajstić information content (AvgIpc) is 2.14. The minimum atomic E-state index is -0.740. The highest BCUT2D eigenvalue weighted by molar-refractivity contribution is 5.86. The normalized spacial score (nSPS) is 12.2. The number of rotatable bonds is 4. The molecule has 16 heavy (non-hydrogen) atoms. The number of hydrogen-bond donors (Lipinski definition) is 1. The zero-order valence-corrected chi connectivity index (χ0v) is 11.0. The van der Waals surface area contributed by atoms with Crippen LogP contribution in [0.15, 0.2) is 0 Å². The average molecular weight is 230 g/mol. The Bertz CT molecular complexity index is 279. The molecule has 5 nitrogen and oxygen atoms in total. The van der Waals surface area contributed by atoms with Gasteiger partial charge in [0.15, 0.2) is 0 Å². The van der Waals surface area contributed by atoms with Crippen molar-refractivity contribution in [1.29, 1.82) is 0 Å². The van der Waals surface area contributed by atoms with Crippen LogP contribution in [0.25, 0.3) is 0 Å². The van der Waals surface area contributed by atoms with Crippen molar-refractivity contribution < 1.29 is 14.3 Å². The molecule has 0 aliphatic carbocycles. The van der Waals surface area contributed by atoms with Crippen molar-refractivity contribution in [2.24, 2.45) is 11.1 Å². The fourth-order valence-electron chi connectivity index (χ4n) is 1.08. The first-order chi connectivity index (χ1) is 7.04. The van der Waals surface area contributed by atoms with Crippen LogP contribution < -0.4 is 5.73 Å². The van der Waals surface area contributed by atoms with Crippen molar-refractivity contribution >= 4 is 11.9 Å². The molecule has 2 N–H and O–H groups in total. The molecule has 1 amide bonds. The molecule has 0 fully saturated rings. The van der Waals surface area contributed by atoms with E-state index in [4.69, 9.17) is 5.73 Å². The fraction of sp³-hybridized carbons (Fsp3) is 0.818. The van der Waals surface area contributed by atoms with Crippen LogP contribution in [0.4, 0.5) is 0 Å². The van der Waals surface area contributed by atoms with Gasteiger partial charge >= 0.3 is 5.97 Å². The highest BCUT2D eigenvalue weighted by atomic mass is 16.5. The van der Waals surface area contributed by atoms with Crippen LogP contribution in [0, 0.1) is 5.41 Å². The van der Waals surface area contributed by atoms with Crippen LogP contribution in [-0.4, -0.2) is 43.0 Å². The third-order valence-electron chi connectivity index (χ3n) is 3.09. The Morgan fingerprint density at radius 3 is 2.00 bits per heavy atom.